The van der Waals surface area contributed by atoms with Gasteiger partial charge in [0, 0.05) is 30.4 Å². The fraction of sp³-hybridized carbons (Fsp3) is 0.270. The number of nitrogens with zero attached hydrogens (tertiary/aromatic N) is 2. The molecule has 1 aromatic heterocycles. The smallest absolute Gasteiger partial charge is 0.231 e. The van der Waals surface area contributed by atoms with Crippen LogP contribution in [0.1, 0.15) is 63.8 Å². The van der Waals surface area contributed by atoms with Crippen LogP contribution >= 0.6 is 11.3 Å². The Kier molecular flexibility index (Phi) is 9.48. The van der Waals surface area contributed by atoms with Crippen molar-refractivity contribution in [3.05, 3.63) is 147 Å². The molecule has 0 saturated heterocycles. The maximum atomic E-state index is 5.64. The number of hydrogen-bond donors (Lipinski definition) is 1. The Labute approximate surface area is 259 Å². The van der Waals surface area contributed by atoms with Crippen molar-refractivity contribution >= 4 is 11.3 Å². The van der Waals surface area contributed by atoms with Crippen LogP contribution in [0.2, 0.25) is 0 Å². The first-order valence-electron chi connectivity index (χ1n) is 15.0. The molecule has 1 aliphatic rings. The molecule has 0 spiro atoms. The second-order valence-electron chi connectivity index (χ2n) is 11.3. The summed E-state index contributed by atoms with van der Waals surface area (Å²) < 4.78 is 11.2. The van der Waals surface area contributed by atoms with Crippen molar-refractivity contribution in [1.29, 1.82) is 0 Å². The Balaban J connectivity index is 1.10. The number of ether oxygens (including phenoxy) is 2. The molecule has 1 N–H and O–H groups in total. The van der Waals surface area contributed by atoms with Crippen LogP contribution in [-0.4, -0.2) is 23.2 Å². The van der Waals surface area contributed by atoms with Gasteiger partial charge in [-0.1, -0.05) is 96.6 Å². The van der Waals surface area contributed by atoms with Gasteiger partial charge in [0.05, 0.1) is 12.2 Å². The van der Waals surface area contributed by atoms with Crippen LogP contribution in [0.25, 0.3) is 0 Å². The second kappa shape index (κ2) is 14.0. The van der Waals surface area contributed by atoms with Gasteiger partial charge < -0.3 is 14.8 Å². The Bertz CT molecular complexity index is 1550. The van der Waals surface area contributed by atoms with Gasteiger partial charge in [-0.3, -0.25) is 4.90 Å². The highest BCUT2D eigenvalue weighted by molar-refractivity contribution is 7.09. The average Bonchev–Trinajstić information content (AvgIpc) is 3.71. The molecule has 43 heavy (non-hydrogen) atoms. The van der Waals surface area contributed by atoms with E-state index in [1.807, 2.05) is 6.07 Å². The summed E-state index contributed by atoms with van der Waals surface area (Å²) in [7, 11) is 0. The van der Waals surface area contributed by atoms with Crippen LogP contribution in [0.4, 0.5) is 0 Å². The minimum absolute atomic E-state index is 0.177. The number of aryl methyl sites for hydroxylation is 1. The quantitative estimate of drug-likeness (QED) is 0.150. The maximum absolute atomic E-state index is 5.64. The highest BCUT2D eigenvalue weighted by Crippen LogP contribution is 2.33. The number of hydrogen-bond acceptors (Lipinski definition) is 6. The number of fused-ring (bicyclic) bond motifs is 1. The predicted molar refractivity (Wildman–Crippen MR) is 175 cm³/mol. The van der Waals surface area contributed by atoms with Crippen molar-refractivity contribution in [3.63, 3.8) is 0 Å². The van der Waals surface area contributed by atoms with Gasteiger partial charge in [0.15, 0.2) is 11.5 Å². The summed E-state index contributed by atoms with van der Waals surface area (Å²) in [6.45, 7) is 7.97. The lowest BCUT2D eigenvalue weighted by Gasteiger charge is -2.22. The zero-order valence-electron chi connectivity index (χ0n) is 24.9. The van der Waals surface area contributed by atoms with Crippen LogP contribution < -0.4 is 14.8 Å². The van der Waals surface area contributed by atoms with E-state index in [4.69, 9.17) is 14.5 Å². The van der Waals surface area contributed by atoms with Gasteiger partial charge in [-0.15, -0.1) is 11.3 Å². The molecule has 5 nitrogen and oxygen atoms in total. The molecule has 1 unspecified atom stereocenters. The normalized spacial score (nSPS) is 13.1. The van der Waals surface area contributed by atoms with Crippen molar-refractivity contribution in [2.75, 3.05) is 13.3 Å². The van der Waals surface area contributed by atoms with Crippen LogP contribution in [-0.2, 0) is 19.6 Å². The first-order chi connectivity index (χ1) is 21.1. The lowest BCUT2D eigenvalue weighted by Crippen LogP contribution is -2.23. The van der Waals surface area contributed by atoms with E-state index in [1.54, 1.807) is 11.3 Å². The van der Waals surface area contributed by atoms with Crippen LogP contribution in [0, 0.1) is 6.92 Å². The summed E-state index contributed by atoms with van der Waals surface area (Å²) in [6, 6.07) is 36.9. The van der Waals surface area contributed by atoms with E-state index in [1.165, 1.54) is 27.8 Å². The first kappa shape index (κ1) is 29.1. The molecule has 0 amide bonds. The van der Waals surface area contributed by atoms with E-state index in [2.05, 4.69) is 127 Å². The number of aromatic nitrogens is 1. The molecular weight excluding hydrogens is 550 g/mol. The minimum Gasteiger partial charge on any atom is -0.454 e. The molecule has 2 heterocycles. The van der Waals surface area contributed by atoms with Gasteiger partial charge in [0.1, 0.15) is 5.01 Å². The van der Waals surface area contributed by atoms with E-state index < -0.39 is 0 Å². The van der Waals surface area contributed by atoms with Crippen molar-refractivity contribution in [2.24, 2.45) is 0 Å². The van der Waals surface area contributed by atoms with Gasteiger partial charge >= 0.3 is 0 Å². The SMILES string of the molecule is Cc1ccc(CN(Cc2ccc3c(c2)OCO3)Cc2nc(C(C)NCCC(c3ccccc3)c3ccccc3)cs2)cc1. The Morgan fingerprint density at radius 2 is 1.44 bits per heavy atom. The molecule has 1 atom stereocenters. The third kappa shape index (κ3) is 7.71. The average molecular weight is 590 g/mol. The molecule has 5 aromatic rings. The minimum atomic E-state index is 0.177. The second-order valence-corrected chi connectivity index (χ2v) is 12.3. The van der Waals surface area contributed by atoms with Crippen LogP contribution in [0.3, 0.4) is 0 Å². The summed E-state index contributed by atoms with van der Waals surface area (Å²) in [4.78, 5) is 7.54. The first-order valence-corrected chi connectivity index (χ1v) is 15.9. The molecule has 0 radical (unpaired) electrons. The molecule has 1 aliphatic heterocycles. The molecule has 0 bridgehead atoms. The Morgan fingerprint density at radius 3 is 2.16 bits per heavy atom. The summed E-state index contributed by atoms with van der Waals surface area (Å²) >= 11 is 1.75. The molecule has 6 rings (SSSR count). The number of thiazole rings is 1. The van der Waals surface area contributed by atoms with Crippen LogP contribution in [0.15, 0.2) is 109 Å². The van der Waals surface area contributed by atoms with Crippen LogP contribution in [0.5, 0.6) is 11.5 Å². The highest BCUT2D eigenvalue weighted by Gasteiger charge is 2.18. The lowest BCUT2D eigenvalue weighted by atomic mass is 9.88. The van der Waals surface area contributed by atoms with E-state index in [0.717, 1.165) is 54.8 Å². The summed E-state index contributed by atoms with van der Waals surface area (Å²) in [6.07, 6.45) is 1.02. The summed E-state index contributed by atoms with van der Waals surface area (Å²) in [5.74, 6) is 2.00. The maximum Gasteiger partial charge on any atom is 0.231 e. The highest BCUT2D eigenvalue weighted by atomic mass is 32.1. The molecule has 0 fully saturated rings. The molecule has 220 valence electrons. The number of nitrogens with one attached hydrogen (secondary N) is 1. The molecule has 0 saturated carbocycles. The molecular formula is C37H39N3O2S. The Hall–Kier alpha value is -3.97. The zero-order valence-corrected chi connectivity index (χ0v) is 25.7. The number of benzene rings is 4. The summed E-state index contributed by atoms with van der Waals surface area (Å²) in [5, 5.41) is 7.09. The van der Waals surface area contributed by atoms with Gasteiger partial charge in [-0.2, -0.15) is 0 Å². The van der Waals surface area contributed by atoms with Gasteiger partial charge in [-0.25, -0.2) is 4.98 Å². The third-order valence-electron chi connectivity index (χ3n) is 8.03. The standard InChI is InChI=1S/C37H39N3O2S/c1-27-13-15-29(16-14-27)22-40(23-30-17-18-35-36(21-30)42-26-41-35)24-37-39-34(25-43-37)28(2)38-20-19-33(31-9-5-3-6-10-31)32-11-7-4-8-12-32/h3-18,21,25,28,33,38H,19-20,22-24,26H2,1-2H3. The van der Waals surface area contributed by atoms with E-state index in [-0.39, 0.29) is 6.04 Å². The third-order valence-corrected chi connectivity index (χ3v) is 8.88. The molecule has 6 heteroatoms. The van der Waals surface area contributed by atoms with E-state index in [0.29, 0.717) is 12.7 Å². The zero-order chi connectivity index (χ0) is 29.4. The summed E-state index contributed by atoms with van der Waals surface area (Å²) in [5.41, 5.74) is 7.59. The fourth-order valence-electron chi connectivity index (χ4n) is 5.65. The van der Waals surface area contributed by atoms with Gasteiger partial charge in [-0.05, 0) is 61.2 Å². The van der Waals surface area contributed by atoms with Crippen molar-refractivity contribution < 1.29 is 9.47 Å². The van der Waals surface area contributed by atoms with Gasteiger partial charge in [0.2, 0.25) is 6.79 Å². The van der Waals surface area contributed by atoms with E-state index >= 15 is 0 Å². The number of rotatable bonds is 13. The van der Waals surface area contributed by atoms with Crippen molar-refractivity contribution in [2.45, 2.75) is 51.9 Å². The van der Waals surface area contributed by atoms with Crippen molar-refractivity contribution in [3.8, 4) is 11.5 Å². The Morgan fingerprint density at radius 1 is 0.791 bits per heavy atom. The van der Waals surface area contributed by atoms with Crippen molar-refractivity contribution in [1.82, 2.24) is 15.2 Å². The lowest BCUT2D eigenvalue weighted by molar-refractivity contribution is 0.174. The molecule has 4 aromatic carbocycles. The largest absolute Gasteiger partial charge is 0.454 e. The van der Waals surface area contributed by atoms with Gasteiger partial charge in [0.25, 0.3) is 0 Å². The fourth-order valence-corrected chi connectivity index (χ4v) is 6.58. The predicted octanol–water partition coefficient (Wildman–Crippen LogP) is 8.26. The monoisotopic (exact) mass is 589 g/mol. The topological polar surface area (TPSA) is 46.6 Å². The molecule has 0 aliphatic carbocycles. The van der Waals surface area contributed by atoms with E-state index in [9.17, 15) is 0 Å².